The van der Waals surface area contributed by atoms with E-state index in [1.165, 1.54) is 6.26 Å². The van der Waals surface area contributed by atoms with Crippen LogP contribution in [-0.2, 0) is 6.54 Å². The van der Waals surface area contributed by atoms with Gasteiger partial charge in [0.1, 0.15) is 5.76 Å². The van der Waals surface area contributed by atoms with Gasteiger partial charge in [-0.05, 0) is 30.7 Å². The molecule has 20 heavy (non-hydrogen) atoms. The molecule has 6 nitrogen and oxygen atoms in total. The van der Waals surface area contributed by atoms with Gasteiger partial charge in [-0.25, -0.2) is 9.59 Å². The molecule has 0 atom stereocenters. The number of hydrogen-bond donors (Lipinski definition) is 3. The van der Waals surface area contributed by atoms with Crippen LogP contribution in [0.1, 0.15) is 21.7 Å². The van der Waals surface area contributed by atoms with E-state index in [2.05, 4.69) is 10.6 Å². The Hall–Kier alpha value is -2.76. The first kappa shape index (κ1) is 13.7. The largest absolute Gasteiger partial charge is 0.478 e. The second kappa shape index (κ2) is 5.92. The molecule has 0 fully saturated rings. The second-order valence-corrected chi connectivity index (χ2v) is 4.19. The predicted molar refractivity (Wildman–Crippen MR) is 72.7 cm³/mol. The number of aryl methyl sites for hydroxylation is 1. The van der Waals surface area contributed by atoms with E-state index >= 15 is 0 Å². The van der Waals surface area contributed by atoms with Crippen LogP contribution in [0, 0.1) is 6.92 Å². The molecule has 0 aliphatic carbocycles. The first-order valence-corrected chi connectivity index (χ1v) is 5.98. The van der Waals surface area contributed by atoms with Gasteiger partial charge in [-0.2, -0.15) is 0 Å². The van der Waals surface area contributed by atoms with Gasteiger partial charge in [-0.1, -0.05) is 12.1 Å². The summed E-state index contributed by atoms with van der Waals surface area (Å²) in [5, 5.41) is 14.3. The van der Waals surface area contributed by atoms with Crippen molar-refractivity contribution in [2.24, 2.45) is 0 Å². The van der Waals surface area contributed by atoms with Gasteiger partial charge >= 0.3 is 12.0 Å². The minimum Gasteiger partial charge on any atom is -0.478 e. The molecule has 0 aliphatic rings. The Morgan fingerprint density at radius 3 is 2.70 bits per heavy atom. The number of carboxylic acid groups (broad SMARTS) is 1. The lowest BCUT2D eigenvalue weighted by molar-refractivity contribution is 0.0697. The van der Waals surface area contributed by atoms with E-state index in [1.54, 1.807) is 37.3 Å². The van der Waals surface area contributed by atoms with Gasteiger partial charge in [-0.15, -0.1) is 0 Å². The third kappa shape index (κ3) is 3.17. The SMILES string of the molecule is Cc1cccc(NC(=O)NCc2ccco2)c1C(=O)O. The van der Waals surface area contributed by atoms with Crippen LogP contribution >= 0.6 is 0 Å². The highest BCUT2D eigenvalue weighted by Crippen LogP contribution is 2.19. The number of carboxylic acids is 1. The van der Waals surface area contributed by atoms with Gasteiger partial charge in [-0.3, -0.25) is 0 Å². The molecule has 104 valence electrons. The van der Waals surface area contributed by atoms with Crippen molar-refractivity contribution in [1.29, 1.82) is 0 Å². The summed E-state index contributed by atoms with van der Waals surface area (Å²) >= 11 is 0. The minimum absolute atomic E-state index is 0.0839. The van der Waals surface area contributed by atoms with Crippen molar-refractivity contribution in [3.05, 3.63) is 53.5 Å². The van der Waals surface area contributed by atoms with Crippen molar-refractivity contribution >= 4 is 17.7 Å². The van der Waals surface area contributed by atoms with E-state index in [0.717, 1.165) is 0 Å². The molecule has 0 aliphatic heterocycles. The Labute approximate surface area is 115 Å². The Balaban J connectivity index is 2.04. The second-order valence-electron chi connectivity index (χ2n) is 4.19. The molecule has 1 aromatic carbocycles. The first-order chi connectivity index (χ1) is 9.58. The van der Waals surface area contributed by atoms with Crippen molar-refractivity contribution in [1.82, 2.24) is 5.32 Å². The summed E-state index contributed by atoms with van der Waals surface area (Å²) in [5.74, 6) is -0.465. The summed E-state index contributed by atoms with van der Waals surface area (Å²) in [7, 11) is 0. The van der Waals surface area contributed by atoms with Crippen LogP contribution in [0.3, 0.4) is 0 Å². The summed E-state index contributed by atoms with van der Waals surface area (Å²) < 4.78 is 5.08. The number of carbonyl (C=O) groups excluding carboxylic acids is 1. The zero-order valence-electron chi connectivity index (χ0n) is 10.8. The normalized spacial score (nSPS) is 10.1. The van der Waals surface area contributed by atoms with Crippen molar-refractivity contribution in [2.45, 2.75) is 13.5 Å². The molecule has 1 heterocycles. The highest BCUT2D eigenvalue weighted by molar-refractivity contribution is 6.01. The summed E-state index contributed by atoms with van der Waals surface area (Å²) in [6.45, 7) is 1.91. The fourth-order valence-electron chi connectivity index (χ4n) is 1.80. The van der Waals surface area contributed by atoms with Crippen LogP contribution < -0.4 is 10.6 Å². The van der Waals surface area contributed by atoms with E-state index in [-0.39, 0.29) is 17.8 Å². The molecular weight excluding hydrogens is 260 g/mol. The van der Waals surface area contributed by atoms with Gasteiger partial charge in [0.2, 0.25) is 0 Å². The van der Waals surface area contributed by atoms with Gasteiger partial charge < -0.3 is 20.2 Å². The maximum absolute atomic E-state index is 11.7. The average Bonchev–Trinajstić information content (AvgIpc) is 2.89. The van der Waals surface area contributed by atoms with Crippen molar-refractivity contribution in [3.63, 3.8) is 0 Å². The molecule has 2 aromatic rings. The molecule has 1 aromatic heterocycles. The molecule has 6 heteroatoms. The zero-order chi connectivity index (χ0) is 14.5. The zero-order valence-corrected chi connectivity index (χ0v) is 10.8. The summed E-state index contributed by atoms with van der Waals surface area (Å²) in [4.78, 5) is 22.9. The fourth-order valence-corrected chi connectivity index (χ4v) is 1.80. The van der Waals surface area contributed by atoms with Crippen LogP contribution in [0.5, 0.6) is 0 Å². The molecule has 0 unspecified atom stereocenters. The Kier molecular flexibility index (Phi) is 4.05. The molecule has 0 bridgehead atoms. The van der Waals surface area contributed by atoms with Crippen molar-refractivity contribution < 1.29 is 19.1 Å². The van der Waals surface area contributed by atoms with Crippen LogP contribution in [0.15, 0.2) is 41.0 Å². The van der Waals surface area contributed by atoms with Gasteiger partial charge in [0, 0.05) is 0 Å². The number of hydrogen-bond acceptors (Lipinski definition) is 3. The Morgan fingerprint density at radius 2 is 2.05 bits per heavy atom. The summed E-state index contributed by atoms with van der Waals surface area (Å²) in [5.41, 5.74) is 0.927. The summed E-state index contributed by atoms with van der Waals surface area (Å²) in [6, 6.07) is 7.87. The molecule has 2 rings (SSSR count). The quantitative estimate of drug-likeness (QED) is 0.799. The van der Waals surface area contributed by atoms with Crippen LogP contribution in [-0.4, -0.2) is 17.1 Å². The standard InChI is InChI=1S/C14H14N2O4/c1-9-4-2-6-11(12(9)13(17)18)16-14(19)15-8-10-5-3-7-20-10/h2-7H,8H2,1H3,(H,17,18)(H2,15,16,19). The molecule has 2 amide bonds. The number of rotatable bonds is 4. The van der Waals surface area contributed by atoms with Gasteiger partial charge in [0.15, 0.2) is 0 Å². The number of amides is 2. The molecule has 0 saturated heterocycles. The Morgan fingerprint density at radius 1 is 1.25 bits per heavy atom. The van der Waals surface area contributed by atoms with E-state index in [0.29, 0.717) is 11.3 Å². The average molecular weight is 274 g/mol. The topological polar surface area (TPSA) is 91.6 Å². The number of carbonyl (C=O) groups is 2. The van der Waals surface area contributed by atoms with Crippen LogP contribution in [0.25, 0.3) is 0 Å². The number of nitrogens with one attached hydrogen (secondary N) is 2. The molecule has 0 radical (unpaired) electrons. The van der Waals surface area contributed by atoms with Gasteiger partial charge in [0.05, 0.1) is 24.1 Å². The van der Waals surface area contributed by atoms with Crippen molar-refractivity contribution in [3.8, 4) is 0 Å². The highest BCUT2D eigenvalue weighted by atomic mass is 16.4. The maximum Gasteiger partial charge on any atom is 0.338 e. The third-order valence-corrected chi connectivity index (χ3v) is 2.74. The highest BCUT2D eigenvalue weighted by Gasteiger charge is 2.14. The number of aromatic carboxylic acids is 1. The number of anilines is 1. The number of urea groups is 1. The van der Waals surface area contributed by atoms with Gasteiger partial charge in [0.25, 0.3) is 0 Å². The van der Waals surface area contributed by atoms with E-state index in [4.69, 9.17) is 9.52 Å². The minimum atomic E-state index is -1.08. The smallest absolute Gasteiger partial charge is 0.338 e. The lowest BCUT2D eigenvalue weighted by Crippen LogP contribution is -2.28. The summed E-state index contributed by atoms with van der Waals surface area (Å²) in [6.07, 6.45) is 1.51. The molecule has 3 N–H and O–H groups in total. The number of furan rings is 1. The van der Waals surface area contributed by atoms with Crippen LogP contribution in [0.2, 0.25) is 0 Å². The predicted octanol–water partition coefficient (Wildman–Crippen LogP) is 2.61. The maximum atomic E-state index is 11.7. The molecule has 0 saturated carbocycles. The van der Waals surface area contributed by atoms with E-state index in [9.17, 15) is 9.59 Å². The Bertz CT molecular complexity index is 620. The lowest BCUT2D eigenvalue weighted by atomic mass is 10.1. The lowest BCUT2D eigenvalue weighted by Gasteiger charge is -2.11. The third-order valence-electron chi connectivity index (χ3n) is 2.74. The molecule has 0 spiro atoms. The van der Waals surface area contributed by atoms with E-state index in [1.807, 2.05) is 0 Å². The van der Waals surface area contributed by atoms with E-state index < -0.39 is 12.0 Å². The number of benzene rings is 1. The fraction of sp³-hybridized carbons (Fsp3) is 0.143. The monoisotopic (exact) mass is 274 g/mol. The molecular formula is C14H14N2O4. The van der Waals surface area contributed by atoms with Crippen LogP contribution in [0.4, 0.5) is 10.5 Å². The first-order valence-electron chi connectivity index (χ1n) is 5.98. The van der Waals surface area contributed by atoms with Crippen molar-refractivity contribution in [2.75, 3.05) is 5.32 Å².